The van der Waals surface area contributed by atoms with Crippen LogP contribution in [0.3, 0.4) is 0 Å². The van der Waals surface area contributed by atoms with Gasteiger partial charge in [0.25, 0.3) is 15.9 Å². The monoisotopic (exact) mass is 378 g/mol. The summed E-state index contributed by atoms with van der Waals surface area (Å²) in [5.41, 5.74) is 0.851. The molecule has 0 saturated carbocycles. The van der Waals surface area contributed by atoms with Gasteiger partial charge in [-0.25, -0.2) is 12.8 Å². The largest absolute Gasteiger partial charge is 0.492 e. The van der Waals surface area contributed by atoms with E-state index in [1.165, 1.54) is 31.1 Å². The Morgan fingerprint density at radius 3 is 2.73 bits per heavy atom. The van der Waals surface area contributed by atoms with E-state index in [1.54, 1.807) is 6.07 Å². The van der Waals surface area contributed by atoms with Gasteiger partial charge in [0.1, 0.15) is 16.5 Å². The van der Waals surface area contributed by atoms with Gasteiger partial charge in [-0.2, -0.15) is 0 Å². The standard InChI is InChI=1S/C18H19FN2O4S/c1-21(2)18(22)13-9-14(19)11-15(10-13)20-26(23,24)16-7-3-5-12-6-4-8-25-17(12)16/h3,5,7,9-11,20H,4,6,8H2,1-2H3. The minimum absolute atomic E-state index is 0.000512. The van der Waals surface area contributed by atoms with Crippen LogP contribution in [0, 0.1) is 5.82 Å². The summed E-state index contributed by atoms with van der Waals surface area (Å²) in [5, 5.41) is 0. The number of halogens is 1. The minimum atomic E-state index is -4.00. The van der Waals surface area contributed by atoms with Crippen LogP contribution in [0.2, 0.25) is 0 Å². The van der Waals surface area contributed by atoms with Gasteiger partial charge in [-0.15, -0.1) is 0 Å². The van der Waals surface area contributed by atoms with E-state index < -0.39 is 21.7 Å². The van der Waals surface area contributed by atoms with Gasteiger partial charge in [-0.3, -0.25) is 9.52 Å². The molecule has 0 bridgehead atoms. The van der Waals surface area contributed by atoms with Crippen molar-refractivity contribution < 1.29 is 22.3 Å². The number of carbonyl (C=O) groups is 1. The van der Waals surface area contributed by atoms with E-state index in [9.17, 15) is 17.6 Å². The number of rotatable bonds is 4. The fourth-order valence-corrected chi connectivity index (χ4v) is 4.04. The first kappa shape index (κ1) is 18.2. The van der Waals surface area contributed by atoms with Crippen LogP contribution in [0.4, 0.5) is 10.1 Å². The molecular formula is C18H19FN2O4S. The number of nitrogens with zero attached hydrogens (tertiary/aromatic N) is 1. The quantitative estimate of drug-likeness (QED) is 0.888. The summed E-state index contributed by atoms with van der Waals surface area (Å²) in [6.45, 7) is 0.445. The van der Waals surface area contributed by atoms with Crippen LogP contribution in [-0.4, -0.2) is 39.9 Å². The van der Waals surface area contributed by atoms with Crippen molar-refractivity contribution in [3.63, 3.8) is 0 Å². The van der Waals surface area contributed by atoms with Gasteiger partial charge >= 0.3 is 0 Å². The van der Waals surface area contributed by atoms with Crippen LogP contribution in [0.25, 0.3) is 0 Å². The first-order valence-corrected chi connectivity index (χ1v) is 9.56. The summed E-state index contributed by atoms with van der Waals surface area (Å²) in [6.07, 6.45) is 1.56. The average Bonchev–Trinajstić information content (AvgIpc) is 2.59. The number of para-hydroxylation sites is 1. The predicted octanol–water partition coefficient (Wildman–Crippen LogP) is 2.65. The van der Waals surface area contributed by atoms with Crippen molar-refractivity contribution in [3.8, 4) is 5.75 Å². The molecule has 0 atom stereocenters. The Labute approximate surface area is 151 Å². The molecule has 0 saturated heterocycles. The number of ether oxygens (including phenoxy) is 1. The molecule has 1 heterocycles. The smallest absolute Gasteiger partial charge is 0.265 e. The third-order valence-electron chi connectivity index (χ3n) is 3.99. The van der Waals surface area contributed by atoms with Gasteiger partial charge in [0.2, 0.25) is 0 Å². The normalized spacial score (nSPS) is 13.5. The molecule has 0 unspecified atom stereocenters. The maximum absolute atomic E-state index is 13.9. The van der Waals surface area contributed by atoms with Crippen molar-refractivity contribution in [2.45, 2.75) is 17.7 Å². The number of fused-ring (bicyclic) bond motifs is 1. The van der Waals surface area contributed by atoms with Crippen LogP contribution in [0.5, 0.6) is 5.75 Å². The molecule has 0 aromatic heterocycles. The van der Waals surface area contributed by atoms with Crippen LogP contribution in [0.15, 0.2) is 41.3 Å². The number of benzene rings is 2. The SMILES string of the molecule is CN(C)C(=O)c1cc(F)cc(NS(=O)(=O)c2cccc3c2OCCC3)c1. The summed E-state index contributed by atoms with van der Waals surface area (Å²) >= 11 is 0. The maximum atomic E-state index is 13.9. The summed E-state index contributed by atoms with van der Waals surface area (Å²) in [7, 11) is -0.936. The Hall–Kier alpha value is -2.61. The van der Waals surface area contributed by atoms with Gasteiger partial charge < -0.3 is 9.64 Å². The third-order valence-corrected chi connectivity index (χ3v) is 5.39. The third kappa shape index (κ3) is 3.65. The zero-order valence-electron chi connectivity index (χ0n) is 14.5. The highest BCUT2D eigenvalue weighted by atomic mass is 32.2. The fourth-order valence-electron chi connectivity index (χ4n) is 2.81. The predicted molar refractivity (Wildman–Crippen MR) is 95.5 cm³/mol. The lowest BCUT2D eigenvalue weighted by Gasteiger charge is -2.20. The molecule has 3 rings (SSSR count). The lowest BCUT2D eigenvalue weighted by atomic mass is 10.1. The van der Waals surface area contributed by atoms with Crippen LogP contribution in [0.1, 0.15) is 22.3 Å². The summed E-state index contributed by atoms with van der Waals surface area (Å²) < 4.78 is 47.3. The maximum Gasteiger partial charge on any atom is 0.265 e. The Bertz CT molecular complexity index is 958. The lowest BCUT2D eigenvalue weighted by molar-refractivity contribution is 0.0827. The zero-order chi connectivity index (χ0) is 18.9. The van der Waals surface area contributed by atoms with Crippen molar-refractivity contribution in [1.82, 2.24) is 4.90 Å². The molecule has 0 spiro atoms. The van der Waals surface area contributed by atoms with E-state index in [1.807, 2.05) is 6.07 Å². The van der Waals surface area contributed by atoms with E-state index in [4.69, 9.17) is 4.74 Å². The first-order chi connectivity index (χ1) is 12.3. The van der Waals surface area contributed by atoms with Crippen molar-refractivity contribution in [2.24, 2.45) is 0 Å². The number of anilines is 1. The van der Waals surface area contributed by atoms with Gasteiger partial charge in [0.05, 0.1) is 12.3 Å². The molecule has 1 N–H and O–H groups in total. The number of hydrogen-bond acceptors (Lipinski definition) is 4. The Kier molecular flexibility index (Phi) is 4.86. The summed E-state index contributed by atoms with van der Waals surface area (Å²) in [5.74, 6) is -0.806. The molecule has 6 nitrogen and oxygen atoms in total. The molecule has 1 amide bonds. The van der Waals surface area contributed by atoms with Crippen molar-refractivity contribution in [1.29, 1.82) is 0 Å². The molecule has 2 aromatic rings. The number of amides is 1. The Morgan fingerprint density at radius 1 is 1.23 bits per heavy atom. The molecule has 138 valence electrons. The van der Waals surface area contributed by atoms with Crippen molar-refractivity contribution in [3.05, 3.63) is 53.3 Å². The number of sulfonamides is 1. The molecule has 8 heteroatoms. The van der Waals surface area contributed by atoms with Crippen LogP contribution < -0.4 is 9.46 Å². The average molecular weight is 378 g/mol. The lowest BCUT2D eigenvalue weighted by Crippen LogP contribution is -2.22. The fraction of sp³-hybridized carbons (Fsp3) is 0.278. The first-order valence-electron chi connectivity index (χ1n) is 8.08. The van der Waals surface area contributed by atoms with E-state index in [0.29, 0.717) is 12.4 Å². The number of carbonyl (C=O) groups excluding carboxylic acids is 1. The minimum Gasteiger partial charge on any atom is -0.492 e. The van der Waals surface area contributed by atoms with Crippen LogP contribution in [-0.2, 0) is 16.4 Å². The highest BCUT2D eigenvalue weighted by molar-refractivity contribution is 7.92. The van der Waals surface area contributed by atoms with E-state index in [-0.39, 0.29) is 16.1 Å². The van der Waals surface area contributed by atoms with Crippen molar-refractivity contribution in [2.75, 3.05) is 25.4 Å². The molecule has 1 aliphatic heterocycles. The second kappa shape index (κ2) is 6.95. The van der Waals surface area contributed by atoms with Gasteiger partial charge in [-0.1, -0.05) is 12.1 Å². The second-order valence-corrected chi connectivity index (χ2v) is 7.88. The Morgan fingerprint density at radius 2 is 2.00 bits per heavy atom. The highest BCUT2D eigenvalue weighted by Crippen LogP contribution is 2.33. The van der Waals surface area contributed by atoms with Gasteiger partial charge in [0, 0.05) is 19.7 Å². The molecule has 0 radical (unpaired) electrons. The molecule has 1 aliphatic rings. The second-order valence-electron chi connectivity index (χ2n) is 6.23. The topological polar surface area (TPSA) is 75.7 Å². The number of hydrogen-bond donors (Lipinski definition) is 1. The van der Waals surface area contributed by atoms with Crippen LogP contribution >= 0.6 is 0 Å². The molecule has 26 heavy (non-hydrogen) atoms. The molecule has 0 fully saturated rings. The number of aryl methyl sites for hydroxylation is 1. The molecule has 2 aromatic carbocycles. The molecular weight excluding hydrogens is 359 g/mol. The van der Waals surface area contributed by atoms with Crippen molar-refractivity contribution >= 4 is 21.6 Å². The zero-order valence-corrected chi connectivity index (χ0v) is 15.3. The van der Waals surface area contributed by atoms with Gasteiger partial charge in [-0.05, 0) is 42.7 Å². The summed E-state index contributed by atoms with van der Waals surface area (Å²) in [6, 6.07) is 8.31. The van der Waals surface area contributed by atoms with E-state index in [2.05, 4.69) is 4.72 Å². The highest BCUT2D eigenvalue weighted by Gasteiger charge is 2.24. The molecule has 0 aliphatic carbocycles. The number of nitrogens with one attached hydrogen (secondary N) is 1. The Balaban J connectivity index is 1.97. The summed E-state index contributed by atoms with van der Waals surface area (Å²) in [4.78, 5) is 13.3. The van der Waals surface area contributed by atoms with E-state index in [0.717, 1.165) is 30.5 Å². The van der Waals surface area contributed by atoms with Gasteiger partial charge in [0.15, 0.2) is 0 Å². The van der Waals surface area contributed by atoms with E-state index >= 15 is 0 Å².